The number of aromatic nitrogens is 4. The van der Waals surface area contributed by atoms with Crippen LogP contribution in [-0.2, 0) is 11.2 Å². The summed E-state index contributed by atoms with van der Waals surface area (Å²) >= 11 is 0. The summed E-state index contributed by atoms with van der Waals surface area (Å²) in [5.74, 6) is 1.02. The summed E-state index contributed by atoms with van der Waals surface area (Å²) in [6.45, 7) is 4.54. The second-order valence-electron chi connectivity index (χ2n) is 7.71. The molecule has 1 atom stereocenters. The first-order valence-corrected chi connectivity index (χ1v) is 10.1. The molecule has 6 nitrogen and oxygen atoms in total. The molecule has 0 saturated carbocycles. The summed E-state index contributed by atoms with van der Waals surface area (Å²) in [5, 5.41) is 8.33. The van der Waals surface area contributed by atoms with Gasteiger partial charge in [-0.05, 0) is 56.4 Å². The number of nitrogens with one attached hydrogen (secondary N) is 1. The van der Waals surface area contributed by atoms with Crippen molar-refractivity contribution in [3.63, 3.8) is 0 Å². The van der Waals surface area contributed by atoms with Crippen LogP contribution in [0.4, 0.5) is 5.82 Å². The lowest BCUT2D eigenvalue weighted by Gasteiger charge is -2.34. The van der Waals surface area contributed by atoms with E-state index in [-0.39, 0.29) is 0 Å². The molecule has 0 unspecified atom stereocenters. The average molecular weight is 375 g/mol. The molecular formula is C22H25N5O. The second kappa shape index (κ2) is 7.36. The summed E-state index contributed by atoms with van der Waals surface area (Å²) in [5.41, 5.74) is 5.57. The molecule has 4 heterocycles. The Hall–Kier alpha value is -2.73. The van der Waals surface area contributed by atoms with Crippen molar-refractivity contribution in [3.05, 3.63) is 47.8 Å². The lowest BCUT2D eigenvalue weighted by atomic mass is 9.99. The summed E-state index contributed by atoms with van der Waals surface area (Å²) in [7, 11) is 0. The first-order valence-electron chi connectivity index (χ1n) is 10.1. The lowest BCUT2D eigenvalue weighted by molar-refractivity contribution is 0.0985. The van der Waals surface area contributed by atoms with E-state index < -0.39 is 0 Å². The first-order chi connectivity index (χ1) is 13.8. The molecule has 0 aromatic carbocycles. The van der Waals surface area contributed by atoms with Crippen LogP contribution < -0.4 is 4.90 Å². The molecular weight excluding hydrogens is 350 g/mol. The standard InChI is InChI=1S/C22H25N5O/c1-15-14-28-11-10-27(15)20-13-17(12-16-4-2-3-5-16)18-6-8-23-22(21(18)25-20)19-7-9-24-26-19/h4,6-9,13,15H,2-3,5,10-12,14H2,1H3,(H,24,26)/t15-/m1/s1. The zero-order chi connectivity index (χ0) is 18.9. The number of hydrogen-bond acceptors (Lipinski definition) is 5. The number of ether oxygens (including phenoxy) is 1. The molecule has 3 aromatic rings. The van der Waals surface area contributed by atoms with Gasteiger partial charge in [-0.15, -0.1) is 0 Å². The van der Waals surface area contributed by atoms with E-state index in [2.05, 4.69) is 45.2 Å². The molecule has 0 spiro atoms. The van der Waals surface area contributed by atoms with E-state index in [1.54, 1.807) is 6.20 Å². The van der Waals surface area contributed by atoms with Gasteiger partial charge in [0, 0.05) is 24.3 Å². The number of pyridine rings is 2. The Labute approximate surface area is 164 Å². The van der Waals surface area contributed by atoms with Crippen LogP contribution >= 0.6 is 0 Å². The first kappa shape index (κ1) is 17.4. The van der Waals surface area contributed by atoms with Crippen molar-refractivity contribution in [3.8, 4) is 11.4 Å². The highest BCUT2D eigenvalue weighted by Gasteiger charge is 2.23. The zero-order valence-corrected chi connectivity index (χ0v) is 16.2. The van der Waals surface area contributed by atoms with E-state index in [1.807, 2.05) is 12.3 Å². The fourth-order valence-electron chi connectivity index (χ4n) is 4.29. The number of allylic oxidation sites excluding steroid dienone is 2. The number of rotatable bonds is 4. The summed E-state index contributed by atoms with van der Waals surface area (Å²) in [6, 6.07) is 6.64. The smallest absolute Gasteiger partial charge is 0.130 e. The molecule has 3 aromatic heterocycles. The number of anilines is 1. The third kappa shape index (κ3) is 3.18. The van der Waals surface area contributed by atoms with E-state index in [4.69, 9.17) is 9.72 Å². The number of aromatic amines is 1. The number of morpholine rings is 1. The quantitative estimate of drug-likeness (QED) is 0.701. The van der Waals surface area contributed by atoms with Crippen molar-refractivity contribution in [2.24, 2.45) is 0 Å². The minimum atomic E-state index is 0.310. The number of H-pyrrole nitrogens is 1. The molecule has 0 amide bonds. The van der Waals surface area contributed by atoms with Gasteiger partial charge in [0.1, 0.15) is 17.0 Å². The molecule has 1 aliphatic heterocycles. The average Bonchev–Trinajstić information content (AvgIpc) is 3.42. The van der Waals surface area contributed by atoms with Crippen LogP contribution in [-0.4, -0.2) is 46.0 Å². The van der Waals surface area contributed by atoms with Crippen molar-refractivity contribution in [2.75, 3.05) is 24.7 Å². The van der Waals surface area contributed by atoms with E-state index in [1.165, 1.54) is 35.8 Å². The highest BCUT2D eigenvalue weighted by molar-refractivity contribution is 5.93. The summed E-state index contributed by atoms with van der Waals surface area (Å²) < 4.78 is 5.64. The Kier molecular flexibility index (Phi) is 4.56. The van der Waals surface area contributed by atoms with Crippen LogP contribution in [0.1, 0.15) is 31.7 Å². The van der Waals surface area contributed by atoms with Gasteiger partial charge in [-0.2, -0.15) is 5.10 Å². The van der Waals surface area contributed by atoms with Gasteiger partial charge in [0.25, 0.3) is 0 Å². The maximum absolute atomic E-state index is 5.64. The normalized spacial score (nSPS) is 20.0. The monoisotopic (exact) mass is 375 g/mol. The Bertz CT molecular complexity index is 1010. The van der Waals surface area contributed by atoms with E-state index in [0.717, 1.165) is 48.9 Å². The SMILES string of the molecule is C[C@@H]1COCCN1c1cc(CC2=CCCC2)c2ccnc(-c3ccn[nH]3)c2n1. The fraction of sp³-hybridized carbons (Fsp3) is 0.409. The third-order valence-corrected chi connectivity index (χ3v) is 5.77. The molecule has 28 heavy (non-hydrogen) atoms. The van der Waals surface area contributed by atoms with Crippen LogP contribution in [0, 0.1) is 0 Å². The molecule has 144 valence electrons. The van der Waals surface area contributed by atoms with Gasteiger partial charge in [-0.3, -0.25) is 10.1 Å². The predicted octanol–water partition coefficient (Wildman–Crippen LogP) is 3.90. The van der Waals surface area contributed by atoms with Gasteiger partial charge < -0.3 is 9.64 Å². The fourth-order valence-corrected chi connectivity index (χ4v) is 4.29. The topological polar surface area (TPSA) is 66.9 Å². The molecule has 1 N–H and O–H groups in total. The van der Waals surface area contributed by atoms with E-state index in [0.29, 0.717) is 6.04 Å². The third-order valence-electron chi connectivity index (χ3n) is 5.77. The van der Waals surface area contributed by atoms with Crippen molar-refractivity contribution >= 4 is 16.7 Å². The zero-order valence-electron chi connectivity index (χ0n) is 16.2. The number of nitrogens with zero attached hydrogens (tertiary/aromatic N) is 4. The molecule has 5 rings (SSSR count). The molecule has 1 aliphatic carbocycles. The van der Waals surface area contributed by atoms with E-state index in [9.17, 15) is 0 Å². The number of fused-ring (bicyclic) bond motifs is 1. The Morgan fingerprint density at radius 1 is 1.29 bits per heavy atom. The molecule has 6 heteroatoms. The maximum atomic E-state index is 5.64. The van der Waals surface area contributed by atoms with Crippen molar-refractivity contribution in [2.45, 2.75) is 38.6 Å². The van der Waals surface area contributed by atoms with Crippen LogP contribution in [0.2, 0.25) is 0 Å². The van der Waals surface area contributed by atoms with Crippen LogP contribution in [0.25, 0.3) is 22.3 Å². The van der Waals surface area contributed by atoms with Crippen molar-refractivity contribution in [1.29, 1.82) is 0 Å². The maximum Gasteiger partial charge on any atom is 0.130 e. The lowest BCUT2D eigenvalue weighted by Crippen LogP contribution is -2.44. The Morgan fingerprint density at radius 2 is 2.25 bits per heavy atom. The minimum absolute atomic E-state index is 0.310. The van der Waals surface area contributed by atoms with Gasteiger partial charge in [-0.1, -0.05) is 11.6 Å². The Balaban J connectivity index is 1.68. The predicted molar refractivity (Wildman–Crippen MR) is 110 cm³/mol. The summed E-state index contributed by atoms with van der Waals surface area (Å²) in [4.78, 5) is 12.1. The molecule has 0 bridgehead atoms. The minimum Gasteiger partial charge on any atom is -0.377 e. The van der Waals surface area contributed by atoms with Crippen molar-refractivity contribution < 1.29 is 4.74 Å². The number of hydrogen-bond donors (Lipinski definition) is 1. The molecule has 1 fully saturated rings. The van der Waals surface area contributed by atoms with Crippen LogP contribution in [0.5, 0.6) is 0 Å². The Morgan fingerprint density at radius 3 is 3.04 bits per heavy atom. The van der Waals surface area contributed by atoms with Gasteiger partial charge in [0.05, 0.1) is 24.9 Å². The van der Waals surface area contributed by atoms with Gasteiger partial charge in [0.15, 0.2) is 0 Å². The van der Waals surface area contributed by atoms with Gasteiger partial charge in [0.2, 0.25) is 0 Å². The van der Waals surface area contributed by atoms with Crippen LogP contribution in [0.3, 0.4) is 0 Å². The molecule has 1 saturated heterocycles. The van der Waals surface area contributed by atoms with Gasteiger partial charge >= 0.3 is 0 Å². The summed E-state index contributed by atoms with van der Waals surface area (Å²) in [6.07, 6.45) is 10.7. The van der Waals surface area contributed by atoms with Crippen LogP contribution in [0.15, 0.2) is 42.2 Å². The second-order valence-corrected chi connectivity index (χ2v) is 7.71. The largest absolute Gasteiger partial charge is 0.377 e. The van der Waals surface area contributed by atoms with E-state index >= 15 is 0 Å². The highest BCUT2D eigenvalue weighted by atomic mass is 16.5. The van der Waals surface area contributed by atoms with Crippen molar-refractivity contribution in [1.82, 2.24) is 20.2 Å². The molecule has 0 radical (unpaired) electrons. The van der Waals surface area contributed by atoms with Gasteiger partial charge in [-0.25, -0.2) is 4.98 Å². The molecule has 2 aliphatic rings. The highest BCUT2D eigenvalue weighted by Crippen LogP contribution is 2.32.